The van der Waals surface area contributed by atoms with E-state index in [1.165, 1.54) is 0 Å². The van der Waals surface area contributed by atoms with Gasteiger partial charge < -0.3 is 9.84 Å². The van der Waals surface area contributed by atoms with Crippen LogP contribution in [0.25, 0.3) is 0 Å². The Labute approximate surface area is 138 Å². The van der Waals surface area contributed by atoms with Crippen LogP contribution in [0, 0.1) is 11.8 Å². The molecule has 22 heavy (non-hydrogen) atoms. The molecule has 126 valence electrons. The highest BCUT2D eigenvalue weighted by Crippen LogP contribution is 2.45. The summed E-state index contributed by atoms with van der Waals surface area (Å²) in [7, 11) is 0. The predicted molar refractivity (Wildman–Crippen MR) is 92.2 cm³/mol. The van der Waals surface area contributed by atoms with Gasteiger partial charge in [0, 0.05) is 30.4 Å². The van der Waals surface area contributed by atoms with Crippen LogP contribution in [0.15, 0.2) is 12.2 Å². The molecule has 0 aromatic heterocycles. The summed E-state index contributed by atoms with van der Waals surface area (Å²) in [6.07, 6.45) is 9.50. The molecule has 3 nitrogen and oxygen atoms in total. The Morgan fingerprint density at radius 1 is 1.36 bits per heavy atom. The molecule has 0 saturated carbocycles. The summed E-state index contributed by atoms with van der Waals surface area (Å²) >= 11 is 1.83. The summed E-state index contributed by atoms with van der Waals surface area (Å²) in [5, 5.41) is 9.89. The smallest absolute Gasteiger partial charge is 0.134 e. The van der Waals surface area contributed by atoms with Crippen molar-refractivity contribution in [1.29, 1.82) is 0 Å². The van der Waals surface area contributed by atoms with E-state index in [1.807, 2.05) is 17.8 Å². The number of Topliss-reactive ketones (excluding diaryl/α,β-unsaturated/α-hetero) is 1. The Bertz CT molecular complexity index is 383. The molecule has 5 atom stereocenters. The molecule has 4 heteroatoms. The van der Waals surface area contributed by atoms with Gasteiger partial charge in [-0.2, -0.15) is 11.8 Å². The van der Waals surface area contributed by atoms with E-state index in [9.17, 15) is 9.90 Å². The van der Waals surface area contributed by atoms with Gasteiger partial charge in [-0.15, -0.1) is 0 Å². The van der Waals surface area contributed by atoms with E-state index in [0.717, 1.165) is 37.2 Å². The van der Waals surface area contributed by atoms with Crippen LogP contribution >= 0.6 is 11.8 Å². The fourth-order valence-corrected chi connectivity index (χ4v) is 4.35. The largest absolute Gasteiger partial charge is 0.389 e. The molecular weight excluding hydrogens is 296 g/mol. The molecule has 0 radical (unpaired) electrons. The lowest BCUT2D eigenvalue weighted by Gasteiger charge is -2.25. The van der Waals surface area contributed by atoms with Crippen LogP contribution in [-0.4, -0.2) is 40.7 Å². The van der Waals surface area contributed by atoms with Gasteiger partial charge in [-0.1, -0.05) is 32.4 Å². The van der Waals surface area contributed by atoms with Crippen LogP contribution in [0.4, 0.5) is 0 Å². The van der Waals surface area contributed by atoms with Crippen molar-refractivity contribution in [3.8, 4) is 0 Å². The van der Waals surface area contributed by atoms with Crippen LogP contribution in [0.1, 0.15) is 52.4 Å². The average Bonchev–Trinajstić information content (AvgIpc) is 3.07. The molecule has 2 rings (SSSR count). The molecule has 0 amide bonds. The van der Waals surface area contributed by atoms with Crippen LogP contribution in [0.5, 0.6) is 0 Å². The Morgan fingerprint density at radius 3 is 2.86 bits per heavy atom. The maximum absolute atomic E-state index is 12.2. The van der Waals surface area contributed by atoms with Gasteiger partial charge in [0.25, 0.3) is 0 Å². The Balaban J connectivity index is 1.88. The van der Waals surface area contributed by atoms with E-state index < -0.39 is 0 Å². The molecule has 1 unspecified atom stereocenters. The fourth-order valence-electron chi connectivity index (χ4n) is 3.69. The number of carbonyl (C=O) groups excluding carboxylic acids is 1. The van der Waals surface area contributed by atoms with E-state index >= 15 is 0 Å². The SMILES string of the molecule is CCCC(O)C=C[C@H]1[C@@H](CC(=O)CCSCC)[C@H]2CC[C@@H]1O2. The minimum Gasteiger partial charge on any atom is -0.389 e. The van der Waals surface area contributed by atoms with E-state index in [2.05, 4.69) is 19.9 Å². The second-order valence-corrected chi connectivity index (χ2v) is 7.86. The quantitative estimate of drug-likeness (QED) is 0.492. The van der Waals surface area contributed by atoms with Gasteiger partial charge in [-0.25, -0.2) is 0 Å². The molecule has 2 aliphatic heterocycles. The van der Waals surface area contributed by atoms with Crippen LogP contribution in [0.3, 0.4) is 0 Å². The van der Waals surface area contributed by atoms with Gasteiger partial charge in [0.05, 0.1) is 18.3 Å². The van der Waals surface area contributed by atoms with Crippen LogP contribution in [-0.2, 0) is 9.53 Å². The maximum Gasteiger partial charge on any atom is 0.134 e. The highest BCUT2D eigenvalue weighted by atomic mass is 32.2. The van der Waals surface area contributed by atoms with Crippen molar-refractivity contribution in [1.82, 2.24) is 0 Å². The van der Waals surface area contributed by atoms with Crippen molar-refractivity contribution in [2.75, 3.05) is 11.5 Å². The molecule has 0 aliphatic carbocycles. The molecule has 2 saturated heterocycles. The third-order valence-corrected chi connectivity index (χ3v) is 5.72. The number of ether oxygens (including phenoxy) is 1. The molecule has 0 aromatic carbocycles. The minimum absolute atomic E-state index is 0.255. The summed E-state index contributed by atoms with van der Waals surface area (Å²) in [4.78, 5) is 12.2. The third-order valence-electron chi connectivity index (χ3n) is 4.82. The number of thioether (sulfide) groups is 1. The second kappa shape index (κ2) is 9.09. The number of fused-ring (bicyclic) bond motifs is 2. The van der Waals surface area contributed by atoms with Gasteiger partial charge in [0.2, 0.25) is 0 Å². The first-order valence-electron chi connectivity index (χ1n) is 8.77. The number of ketones is 1. The standard InChI is InChI=1S/C18H30O3S/c1-3-5-13(19)6-7-15-16(18-9-8-17(15)21-18)12-14(20)10-11-22-4-2/h6-7,13,15-19H,3-5,8-12H2,1-2H3/t13?,15-,16+,17-,18+/m0/s1. The molecule has 2 aliphatic rings. The summed E-state index contributed by atoms with van der Waals surface area (Å²) in [6, 6.07) is 0. The number of hydrogen-bond donors (Lipinski definition) is 1. The second-order valence-electron chi connectivity index (χ2n) is 6.46. The number of aliphatic hydroxyl groups excluding tert-OH is 1. The van der Waals surface area contributed by atoms with Crippen molar-refractivity contribution >= 4 is 17.5 Å². The first kappa shape index (κ1) is 18.0. The molecule has 2 bridgehead atoms. The normalized spacial score (nSPS) is 32.0. The lowest BCUT2D eigenvalue weighted by atomic mass is 9.76. The summed E-state index contributed by atoms with van der Waals surface area (Å²) < 4.78 is 6.03. The van der Waals surface area contributed by atoms with Gasteiger partial charge in [0.15, 0.2) is 0 Å². The van der Waals surface area contributed by atoms with Crippen molar-refractivity contribution in [2.24, 2.45) is 11.8 Å². The number of rotatable bonds is 10. The molecule has 0 spiro atoms. The monoisotopic (exact) mass is 326 g/mol. The molecule has 0 aromatic rings. The molecule has 2 fully saturated rings. The fraction of sp³-hybridized carbons (Fsp3) is 0.833. The van der Waals surface area contributed by atoms with Crippen molar-refractivity contribution in [2.45, 2.75) is 70.7 Å². The highest BCUT2D eigenvalue weighted by molar-refractivity contribution is 7.99. The third kappa shape index (κ3) is 4.84. The van der Waals surface area contributed by atoms with Gasteiger partial charge in [0.1, 0.15) is 5.78 Å². The summed E-state index contributed by atoms with van der Waals surface area (Å²) in [5.41, 5.74) is 0. The topological polar surface area (TPSA) is 46.5 Å². The summed E-state index contributed by atoms with van der Waals surface area (Å²) in [6.45, 7) is 4.20. The van der Waals surface area contributed by atoms with Crippen molar-refractivity contribution in [3.05, 3.63) is 12.2 Å². The lowest BCUT2D eigenvalue weighted by Crippen LogP contribution is -2.28. The zero-order chi connectivity index (χ0) is 15.9. The lowest BCUT2D eigenvalue weighted by molar-refractivity contribution is -0.120. The van der Waals surface area contributed by atoms with Crippen molar-refractivity contribution in [3.63, 3.8) is 0 Å². The van der Waals surface area contributed by atoms with Gasteiger partial charge in [-0.05, 0) is 25.0 Å². The van der Waals surface area contributed by atoms with E-state index in [0.29, 0.717) is 30.5 Å². The van der Waals surface area contributed by atoms with Crippen LogP contribution in [0.2, 0.25) is 0 Å². The molecule has 2 heterocycles. The van der Waals surface area contributed by atoms with Crippen molar-refractivity contribution < 1.29 is 14.6 Å². The average molecular weight is 327 g/mol. The summed E-state index contributed by atoms with van der Waals surface area (Å²) in [5.74, 6) is 3.02. The number of aliphatic hydroxyl groups is 1. The number of carbonyl (C=O) groups is 1. The zero-order valence-electron chi connectivity index (χ0n) is 13.9. The van der Waals surface area contributed by atoms with Gasteiger partial charge >= 0.3 is 0 Å². The predicted octanol–water partition coefficient (Wildman–Crippen LogP) is 3.60. The van der Waals surface area contributed by atoms with Crippen LogP contribution < -0.4 is 0 Å². The number of hydrogen-bond acceptors (Lipinski definition) is 4. The Morgan fingerprint density at radius 2 is 2.14 bits per heavy atom. The van der Waals surface area contributed by atoms with E-state index in [-0.39, 0.29) is 18.3 Å². The molecular formula is C18H30O3S. The first-order chi connectivity index (χ1) is 10.7. The highest BCUT2D eigenvalue weighted by Gasteiger charge is 2.47. The minimum atomic E-state index is -0.360. The zero-order valence-corrected chi connectivity index (χ0v) is 14.7. The Hall–Kier alpha value is -0.320. The van der Waals surface area contributed by atoms with E-state index in [1.54, 1.807) is 0 Å². The Kier molecular flexibility index (Phi) is 7.45. The van der Waals surface area contributed by atoms with E-state index in [4.69, 9.17) is 4.74 Å². The maximum atomic E-state index is 12.2. The molecule has 1 N–H and O–H groups in total. The van der Waals surface area contributed by atoms with Gasteiger partial charge in [-0.3, -0.25) is 4.79 Å². The first-order valence-corrected chi connectivity index (χ1v) is 9.92.